The number of carbonyl (C=O) groups excluding carboxylic acids is 2. The summed E-state index contributed by atoms with van der Waals surface area (Å²) in [6.45, 7) is 2.58. The van der Waals surface area contributed by atoms with Crippen molar-refractivity contribution in [3.63, 3.8) is 0 Å². The predicted octanol–water partition coefficient (Wildman–Crippen LogP) is 1.59. The van der Waals surface area contributed by atoms with E-state index in [0.717, 1.165) is 0 Å². The lowest BCUT2D eigenvalue weighted by atomic mass is 10.0. The van der Waals surface area contributed by atoms with Crippen LogP contribution in [0.3, 0.4) is 0 Å². The SMILES string of the molecule is CCCC(=O)N1CCN(C(=O)c2ccccc2Cl)C2CS(=O)(=O)CC21. The molecule has 0 spiro atoms. The van der Waals surface area contributed by atoms with Crippen LogP contribution in [0.1, 0.15) is 30.1 Å². The van der Waals surface area contributed by atoms with Crippen molar-refractivity contribution in [2.45, 2.75) is 31.8 Å². The second-order valence-corrected chi connectivity index (χ2v) is 9.09. The average Bonchev–Trinajstić information content (AvgIpc) is 2.88. The molecule has 2 aliphatic rings. The minimum Gasteiger partial charge on any atom is -0.335 e. The van der Waals surface area contributed by atoms with Crippen LogP contribution in [0.15, 0.2) is 24.3 Å². The molecular weight excluding hydrogens is 364 g/mol. The van der Waals surface area contributed by atoms with Crippen LogP contribution in [0.4, 0.5) is 0 Å². The number of hydrogen-bond acceptors (Lipinski definition) is 4. The number of benzene rings is 1. The van der Waals surface area contributed by atoms with E-state index in [1.54, 1.807) is 34.1 Å². The molecule has 0 radical (unpaired) electrons. The van der Waals surface area contributed by atoms with Gasteiger partial charge in [-0.1, -0.05) is 30.7 Å². The van der Waals surface area contributed by atoms with E-state index in [-0.39, 0.29) is 23.3 Å². The van der Waals surface area contributed by atoms with Gasteiger partial charge in [0.1, 0.15) is 0 Å². The smallest absolute Gasteiger partial charge is 0.255 e. The third kappa shape index (κ3) is 3.53. The molecule has 0 saturated carbocycles. The quantitative estimate of drug-likeness (QED) is 0.793. The number of rotatable bonds is 3. The van der Waals surface area contributed by atoms with E-state index in [4.69, 9.17) is 11.6 Å². The molecule has 0 aliphatic carbocycles. The third-order valence-corrected chi connectivity index (χ3v) is 6.85. The van der Waals surface area contributed by atoms with Crippen LogP contribution in [0, 0.1) is 0 Å². The first-order valence-corrected chi connectivity index (χ1v) is 10.6. The Hall–Kier alpha value is -1.60. The minimum atomic E-state index is -3.29. The van der Waals surface area contributed by atoms with Gasteiger partial charge in [-0.2, -0.15) is 0 Å². The Morgan fingerprint density at radius 2 is 1.72 bits per heavy atom. The topological polar surface area (TPSA) is 74.8 Å². The van der Waals surface area contributed by atoms with Gasteiger partial charge in [-0.15, -0.1) is 0 Å². The van der Waals surface area contributed by atoms with E-state index < -0.39 is 21.9 Å². The zero-order chi connectivity index (χ0) is 18.2. The average molecular weight is 385 g/mol. The summed E-state index contributed by atoms with van der Waals surface area (Å²) in [6, 6.07) is 5.76. The maximum atomic E-state index is 12.9. The van der Waals surface area contributed by atoms with Gasteiger partial charge in [0.2, 0.25) is 5.91 Å². The van der Waals surface area contributed by atoms with Crippen LogP contribution in [0.2, 0.25) is 5.02 Å². The number of amides is 2. The molecule has 136 valence electrons. The van der Waals surface area contributed by atoms with Gasteiger partial charge in [-0.25, -0.2) is 8.42 Å². The standard InChI is InChI=1S/C17H21ClN2O4S/c1-2-5-16(21)19-8-9-20(15-11-25(23,24)10-14(15)19)17(22)12-6-3-4-7-13(12)18/h3-4,6-7,14-15H,2,5,8-11H2,1H3. The molecule has 1 aromatic carbocycles. The maximum Gasteiger partial charge on any atom is 0.255 e. The van der Waals surface area contributed by atoms with E-state index in [0.29, 0.717) is 36.5 Å². The molecular formula is C17H21ClN2O4S. The van der Waals surface area contributed by atoms with Crippen LogP contribution in [-0.4, -0.2) is 66.7 Å². The Bertz CT molecular complexity index is 796. The highest BCUT2D eigenvalue weighted by atomic mass is 35.5. The fourth-order valence-electron chi connectivity index (χ4n) is 3.66. The summed E-state index contributed by atoms with van der Waals surface area (Å²) in [4.78, 5) is 28.5. The Balaban J connectivity index is 1.90. The van der Waals surface area contributed by atoms with Crippen molar-refractivity contribution in [3.05, 3.63) is 34.9 Å². The van der Waals surface area contributed by atoms with Crippen molar-refractivity contribution < 1.29 is 18.0 Å². The second kappa shape index (κ2) is 6.96. The molecule has 2 heterocycles. The molecule has 2 fully saturated rings. The van der Waals surface area contributed by atoms with Gasteiger partial charge in [-0.05, 0) is 18.6 Å². The van der Waals surface area contributed by atoms with Gasteiger partial charge in [0.05, 0.1) is 34.2 Å². The molecule has 0 aromatic heterocycles. The highest BCUT2D eigenvalue weighted by Crippen LogP contribution is 2.30. The third-order valence-electron chi connectivity index (χ3n) is 4.83. The number of piperazine rings is 1. The lowest BCUT2D eigenvalue weighted by Crippen LogP contribution is -2.62. The summed E-state index contributed by atoms with van der Waals surface area (Å²) in [7, 11) is -3.29. The molecule has 2 unspecified atom stereocenters. The Labute approximate surface area is 152 Å². The van der Waals surface area contributed by atoms with Crippen LogP contribution in [-0.2, 0) is 14.6 Å². The van der Waals surface area contributed by atoms with Crippen molar-refractivity contribution in [1.29, 1.82) is 0 Å². The highest BCUT2D eigenvalue weighted by Gasteiger charge is 2.49. The van der Waals surface area contributed by atoms with Crippen molar-refractivity contribution >= 4 is 33.3 Å². The van der Waals surface area contributed by atoms with Gasteiger partial charge < -0.3 is 9.80 Å². The number of sulfone groups is 1. The summed E-state index contributed by atoms with van der Waals surface area (Å²) in [6.07, 6.45) is 1.10. The minimum absolute atomic E-state index is 0.0422. The maximum absolute atomic E-state index is 12.9. The van der Waals surface area contributed by atoms with Crippen LogP contribution < -0.4 is 0 Å². The molecule has 3 rings (SSSR count). The highest BCUT2D eigenvalue weighted by molar-refractivity contribution is 7.91. The van der Waals surface area contributed by atoms with Crippen molar-refractivity contribution in [1.82, 2.24) is 9.80 Å². The fraction of sp³-hybridized carbons (Fsp3) is 0.529. The van der Waals surface area contributed by atoms with Gasteiger partial charge in [0, 0.05) is 19.5 Å². The number of hydrogen-bond donors (Lipinski definition) is 0. The monoisotopic (exact) mass is 384 g/mol. The number of nitrogens with zero attached hydrogens (tertiary/aromatic N) is 2. The van der Waals surface area contributed by atoms with Crippen molar-refractivity contribution in [2.24, 2.45) is 0 Å². The zero-order valence-corrected chi connectivity index (χ0v) is 15.6. The second-order valence-electron chi connectivity index (χ2n) is 6.53. The Morgan fingerprint density at radius 3 is 2.36 bits per heavy atom. The predicted molar refractivity (Wildman–Crippen MR) is 95.3 cm³/mol. The first kappa shape index (κ1) is 18.2. The molecule has 8 heteroatoms. The summed E-state index contributed by atoms with van der Waals surface area (Å²) >= 11 is 6.13. The molecule has 2 aliphatic heterocycles. The number of halogens is 1. The van der Waals surface area contributed by atoms with Gasteiger partial charge in [-0.3, -0.25) is 9.59 Å². The van der Waals surface area contributed by atoms with Gasteiger partial charge in [0.25, 0.3) is 5.91 Å². The lowest BCUT2D eigenvalue weighted by molar-refractivity contribution is -0.136. The zero-order valence-electron chi connectivity index (χ0n) is 14.0. The Morgan fingerprint density at radius 1 is 1.12 bits per heavy atom. The Kier molecular flexibility index (Phi) is 5.06. The first-order chi connectivity index (χ1) is 11.8. The van der Waals surface area contributed by atoms with Gasteiger partial charge in [0.15, 0.2) is 9.84 Å². The van der Waals surface area contributed by atoms with Gasteiger partial charge >= 0.3 is 0 Å². The largest absolute Gasteiger partial charge is 0.335 e. The van der Waals surface area contributed by atoms with E-state index >= 15 is 0 Å². The summed E-state index contributed by atoms with van der Waals surface area (Å²) < 4.78 is 24.4. The lowest BCUT2D eigenvalue weighted by Gasteiger charge is -2.44. The number of fused-ring (bicyclic) bond motifs is 1. The van der Waals surface area contributed by atoms with Crippen LogP contribution in [0.25, 0.3) is 0 Å². The van der Waals surface area contributed by atoms with Crippen molar-refractivity contribution in [3.8, 4) is 0 Å². The summed E-state index contributed by atoms with van der Waals surface area (Å²) in [5, 5.41) is 0.342. The summed E-state index contributed by atoms with van der Waals surface area (Å²) in [5.41, 5.74) is 0.362. The molecule has 0 bridgehead atoms. The van der Waals surface area contributed by atoms with Crippen LogP contribution >= 0.6 is 11.6 Å². The molecule has 0 N–H and O–H groups in total. The molecule has 2 amide bonds. The normalized spacial score (nSPS) is 24.9. The molecule has 25 heavy (non-hydrogen) atoms. The van der Waals surface area contributed by atoms with Crippen molar-refractivity contribution in [2.75, 3.05) is 24.6 Å². The van der Waals surface area contributed by atoms with E-state index in [1.165, 1.54) is 0 Å². The molecule has 6 nitrogen and oxygen atoms in total. The molecule has 2 saturated heterocycles. The number of carbonyl (C=O) groups is 2. The van der Waals surface area contributed by atoms with E-state index in [2.05, 4.69) is 0 Å². The van der Waals surface area contributed by atoms with E-state index in [1.807, 2.05) is 6.92 Å². The summed E-state index contributed by atoms with van der Waals surface area (Å²) in [5.74, 6) is -0.511. The van der Waals surface area contributed by atoms with E-state index in [9.17, 15) is 18.0 Å². The fourth-order valence-corrected chi connectivity index (χ4v) is 5.86. The van der Waals surface area contributed by atoms with Crippen LogP contribution in [0.5, 0.6) is 0 Å². The molecule has 2 atom stereocenters. The molecule has 1 aromatic rings. The first-order valence-electron chi connectivity index (χ1n) is 8.39.